The first-order valence-electron chi connectivity index (χ1n) is 9.06. The first-order chi connectivity index (χ1) is 12.6. The minimum atomic E-state index is 0.0491. The van der Waals surface area contributed by atoms with E-state index in [2.05, 4.69) is 29.0 Å². The second-order valence-electron chi connectivity index (χ2n) is 6.86. The summed E-state index contributed by atoms with van der Waals surface area (Å²) in [5, 5.41) is 0.464. The average molecular weight is 369 g/mol. The van der Waals surface area contributed by atoms with Gasteiger partial charge in [0.2, 0.25) is 0 Å². The molecule has 1 amide bonds. The molecule has 0 radical (unpaired) electrons. The Labute approximate surface area is 156 Å². The molecule has 0 aliphatic carbocycles. The molecule has 1 fully saturated rings. The van der Waals surface area contributed by atoms with Crippen LogP contribution in [-0.4, -0.2) is 38.8 Å². The van der Waals surface area contributed by atoms with Gasteiger partial charge in [0, 0.05) is 19.0 Å². The van der Waals surface area contributed by atoms with Gasteiger partial charge in [-0.3, -0.25) is 4.79 Å². The second kappa shape index (κ2) is 6.72. The molecule has 4 rings (SSSR count). The number of amides is 1. The smallest absolute Gasteiger partial charge is 0.265 e. The van der Waals surface area contributed by atoms with Crippen molar-refractivity contribution in [2.75, 3.05) is 18.8 Å². The van der Waals surface area contributed by atoms with Gasteiger partial charge >= 0.3 is 0 Å². The van der Waals surface area contributed by atoms with Crippen molar-refractivity contribution >= 4 is 33.4 Å². The summed E-state index contributed by atoms with van der Waals surface area (Å²) in [6, 6.07) is 6.17. The third-order valence-corrected chi connectivity index (χ3v) is 5.99. The summed E-state index contributed by atoms with van der Waals surface area (Å²) < 4.78 is 0. The zero-order chi connectivity index (χ0) is 18.3. The van der Waals surface area contributed by atoms with Gasteiger partial charge in [-0.25, -0.2) is 9.97 Å². The third kappa shape index (κ3) is 2.96. The van der Waals surface area contributed by atoms with Crippen LogP contribution < -0.4 is 5.73 Å². The predicted molar refractivity (Wildman–Crippen MR) is 105 cm³/mol. The highest BCUT2D eigenvalue weighted by molar-refractivity contribution is 7.17. The number of para-hydroxylation sites is 1. The highest BCUT2D eigenvalue weighted by Crippen LogP contribution is 2.30. The molecule has 3 aromatic rings. The number of nitrogens with two attached hydrogens (primary N) is 1. The molecule has 3 heterocycles. The van der Waals surface area contributed by atoms with Crippen molar-refractivity contribution in [1.82, 2.24) is 19.9 Å². The number of carbonyl (C=O) groups is 1. The summed E-state index contributed by atoms with van der Waals surface area (Å²) in [4.78, 5) is 28.2. The third-order valence-electron chi connectivity index (χ3n) is 5.07. The number of carbonyl (C=O) groups excluding carboxylic acids is 1. The van der Waals surface area contributed by atoms with E-state index in [0.29, 0.717) is 16.6 Å². The van der Waals surface area contributed by atoms with Crippen LogP contribution in [0.1, 0.15) is 52.4 Å². The summed E-state index contributed by atoms with van der Waals surface area (Å²) in [6.45, 7) is 5.53. The van der Waals surface area contributed by atoms with E-state index >= 15 is 0 Å². The number of imidazole rings is 1. The molecule has 0 bridgehead atoms. The number of nitrogens with one attached hydrogen (secondary N) is 1. The predicted octanol–water partition coefficient (Wildman–Crippen LogP) is 3.49. The summed E-state index contributed by atoms with van der Waals surface area (Å²) >= 11 is 1.30. The van der Waals surface area contributed by atoms with Crippen molar-refractivity contribution in [3.63, 3.8) is 0 Å². The minimum absolute atomic E-state index is 0.0491. The number of aromatic amines is 1. The maximum absolute atomic E-state index is 13.0. The van der Waals surface area contributed by atoms with Gasteiger partial charge in [0.05, 0.1) is 16.7 Å². The van der Waals surface area contributed by atoms with Crippen molar-refractivity contribution in [3.8, 4) is 0 Å². The Kier molecular flexibility index (Phi) is 4.40. The molecular weight excluding hydrogens is 346 g/mol. The lowest BCUT2D eigenvalue weighted by molar-refractivity contribution is 0.0708. The number of aromatic nitrogens is 3. The monoisotopic (exact) mass is 369 g/mol. The number of nitrogen functional groups attached to an aromatic ring is 1. The molecule has 1 saturated heterocycles. The number of rotatable bonds is 3. The second-order valence-corrected chi connectivity index (χ2v) is 7.90. The van der Waals surface area contributed by atoms with Crippen molar-refractivity contribution in [2.45, 2.75) is 39.0 Å². The fourth-order valence-corrected chi connectivity index (χ4v) is 4.58. The van der Waals surface area contributed by atoms with Crippen molar-refractivity contribution in [1.29, 1.82) is 0 Å². The molecule has 1 aromatic carbocycles. The van der Waals surface area contributed by atoms with E-state index in [0.717, 1.165) is 48.4 Å². The number of nitrogens with zero attached hydrogens (tertiary/aromatic N) is 3. The first-order valence-corrected chi connectivity index (χ1v) is 9.88. The zero-order valence-electron chi connectivity index (χ0n) is 15.1. The lowest BCUT2D eigenvalue weighted by atomic mass is 9.97. The number of anilines is 1. The molecule has 26 heavy (non-hydrogen) atoms. The Morgan fingerprint density at radius 1 is 1.42 bits per heavy atom. The lowest BCUT2D eigenvalue weighted by Crippen LogP contribution is -2.39. The number of hydrogen-bond acceptors (Lipinski definition) is 5. The van der Waals surface area contributed by atoms with Crippen LogP contribution in [0.3, 0.4) is 0 Å². The largest absolute Gasteiger partial charge is 0.375 e. The normalized spacial score (nSPS) is 17.8. The quantitative estimate of drug-likeness (QED) is 0.740. The van der Waals surface area contributed by atoms with E-state index < -0.39 is 0 Å². The van der Waals surface area contributed by atoms with Crippen LogP contribution in [-0.2, 0) is 6.42 Å². The van der Waals surface area contributed by atoms with Gasteiger partial charge in [-0.15, -0.1) is 0 Å². The molecule has 0 saturated carbocycles. The Hall–Kier alpha value is -2.41. The van der Waals surface area contributed by atoms with E-state index in [1.165, 1.54) is 16.9 Å². The maximum Gasteiger partial charge on any atom is 0.265 e. The van der Waals surface area contributed by atoms with E-state index in [4.69, 9.17) is 10.7 Å². The number of benzene rings is 1. The molecule has 7 heteroatoms. The van der Waals surface area contributed by atoms with Crippen LogP contribution >= 0.6 is 11.3 Å². The molecule has 0 unspecified atom stereocenters. The molecule has 6 nitrogen and oxygen atoms in total. The number of hydrogen-bond donors (Lipinski definition) is 2. The van der Waals surface area contributed by atoms with Gasteiger partial charge in [0.15, 0.2) is 5.13 Å². The summed E-state index contributed by atoms with van der Waals surface area (Å²) in [7, 11) is 0. The van der Waals surface area contributed by atoms with Crippen LogP contribution in [0, 0.1) is 6.92 Å². The number of thiazole rings is 1. The minimum Gasteiger partial charge on any atom is -0.375 e. The fourth-order valence-electron chi connectivity index (χ4n) is 3.69. The molecule has 1 atom stereocenters. The SMILES string of the molecule is CCc1nc(N)sc1C(=O)N1CCC[C@H](c2nc3c(C)cccc3[nH]2)C1. The summed E-state index contributed by atoms with van der Waals surface area (Å²) in [6.07, 6.45) is 2.73. The van der Waals surface area contributed by atoms with Crippen molar-refractivity contribution in [3.05, 3.63) is 40.2 Å². The van der Waals surface area contributed by atoms with E-state index in [9.17, 15) is 4.79 Å². The molecule has 0 spiro atoms. The molecule has 3 N–H and O–H groups in total. The van der Waals surface area contributed by atoms with E-state index in [-0.39, 0.29) is 11.8 Å². The van der Waals surface area contributed by atoms with Gasteiger partial charge < -0.3 is 15.6 Å². The molecule has 2 aromatic heterocycles. The zero-order valence-corrected chi connectivity index (χ0v) is 15.9. The van der Waals surface area contributed by atoms with Gasteiger partial charge in [0.25, 0.3) is 5.91 Å². The molecule has 1 aliphatic rings. The Balaban J connectivity index is 1.58. The average Bonchev–Trinajstić information content (AvgIpc) is 3.25. The van der Waals surface area contributed by atoms with E-state index in [1.807, 2.05) is 17.9 Å². The molecular formula is C19H23N5OS. The molecule has 136 valence electrons. The van der Waals surface area contributed by atoms with Crippen molar-refractivity contribution in [2.24, 2.45) is 0 Å². The van der Waals surface area contributed by atoms with Crippen LogP contribution in [0.15, 0.2) is 18.2 Å². The van der Waals surface area contributed by atoms with E-state index in [1.54, 1.807) is 0 Å². The lowest BCUT2D eigenvalue weighted by Gasteiger charge is -2.31. The van der Waals surface area contributed by atoms with Crippen LogP contribution in [0.2, 0.25) is 0 Å². The first kappa shape index (κ1) is 17.0. The topological polar surface area (TPSA) is 87.9 Å². The molecule has 1 aliphatic heterocycles. The summed E-state index contributed by atoms with van der Waals surface area (Å²) in [5.41, 5.74) is 9.88. The van der Waals surface area contributed by atoms with Crippen LogP contribution in [0.25, 0.3) is 11.0 Å². The number of H-pyrrole nitrogens is 1. The van der Waals surface area contributed by atoms with Crippen LogP contribution in [0.5, 0.6) is 0 Å². The summed E-state index contributed by atoms with van der Waals surface area (Å²) in [5.74, 6) is 1.26. The van der Waals surface area contributed by atoms with Gasteiger partial charge in [-0.1, -0.05) is 30.4 Å². The Morgan fingerprint density at radius 3 is 3.04 bits per heavy atom. The Bertz CT molecular complexity index is 960. The standard InChI is InChI=1S/C19H23N5OS/c1-3-13-16(26-19(20)22-13)18(25)24-9-5-7-12(10-24)17-21-14-8-4-6-11(2)15(14)23-17/h4,6,8,12H,3,5,7,9-10H2,1-2H3,(H2,20,22)(H,21,23)/t12-/m0/s1. The van der Waals surface area contributed by atoms with Gasteiger partial charge in [0.1, 0.15) is 10.7 Å². The highest BCUT2D eigenvalue weighted by Gasteiger charge is 2.29. The highest BCUT2D eigenvalue weighted by atomic mass is 32.1. The fraction of sp³-hybridized carbons (Fsp3) is 0.421. The number of piperidine rings is 1. The van der Waals surface area contributed by atoms with Gasteiger partial charge in [-0.05, 0) is 37.8 Å². The maximum atomic E-state index is 13.0. The number of aryl methyl sites for hydroxylation is 2. The van der Waals surface area contributed by atoms with Gasteiger partial charge in [-0.2, -0.15) is 0 Å². The Morgan fingerprint density at radius 2 is 2.27 bits per heavy atom. The van der Waals surface area contributed by atoms with Crippen molar-refractivity contribution < 1.29 is 4.79 Å². The number of likely N-dealkylation sites (tertiary alicyclic amines) is 1. The van der Waals surface area contributed by atoms with Crippen LogP contribution in [0.4, 0.5) is 5.13 Å². The number of fused-ring (bicyclic) bond motifs is 1.